The highest BCUT2D eigenvalue weighted by atomic mass is 32.2. The minimum absolute atomic E-state index is 0.0296. The number of hydrogen-bond acceptors (Lipinski definition) is 7. The smallest absolute Gasteiger partial charge is 0.416 e. The van der Waals surface area contributed by atoms with Crippen molar-refractivity contribution in [3.8, 4) is 11.5 Å². The van der Waals surface area contributed by atoms with Crippen LogP contribution in [0.5, 0.6) is 11.5 Å². The third-order valence-corrected chi connectivity index (χ3v) is 7.95. The maximum atomic E-state index is 13.0. The molecule has 4 rings (SSSR count). The number of carbonyl (C=O) groups is 1. The van der Waals surface area contributed by atoms with Gasteiger partial charge in [-0.15, -0.1) is 11.3 Å². The molecule has 0 radical (unpaired) electrons. The molecule has 11 heteroatoms. The SMILES string of the molecule is COc1cc(CSc2nc(CC(=O)N3CCN(c4cccc(C(F)(F)F)c4)CC3)cs2)cc(OC)c1. The quantitative estimate of drug-likeness (QED) is 0.361. The number of ether oxygens (including phenoxy) is 2. The first kappa shape index (κ1) is 26.2. The molecular formula is C25H26F3N3O3S2. The van der Waals surface area contributed by atoms with Crippen LogP contribution >= 0.6 is 23.1 Å². The molecule has 0 spiro atoms. The van der Waals surface area contributed by atoms with E-state index in [1.807, 2.05) is 28.5 Å². The number of carbonyl (C=O) groups excluding carboxylic acids is 1. The summed E-state index contributed by atoms with van der Waals surface area (Å²) < 4.78 is 50.6. The third kappa shape index (κ3) is 6.64. The fourth-order valence-electron chi connectivity index (χ4n) is 3.89. The molecule has 192 valence electrons. The molecule has 0 bridgehead atoms. The van der Waals surface area contributed by atoms with Gasteiger partial charge in [-0.2, -0.15) is 13.2 Å². The topological polar surface area (TPSA) is 54.9 Å². The Morgan fingerprint density at radius 1 is 1.06 bits per heavy atom. The number of thiazole rings is 1. The van der Waals surface area contributed by atoms with Gasteiger partial charge in [-0.3, -0.25) is 4.79 Å². The van der Waals surface area contributed by atoms with Crippen molar-refractivity contribution in [1.29, 1.82) is 0 Å². The number of alkyl halides is 3. The Balaban J connectivity index is 1.28. The summed E-state index contributed by atoms with van der Waals surface area (Å²) in [5, 5.41) is 1.89. The van der Waals surface area contributed by atoms with Gasteiger partial charge in [-0.25, -0.2) is 4.98 Å². The summed E-state index contributed by atoms with van der Waals surface area (Å²) in [5.41, 5.74) is 1.62. The Labute approximate surface area is 216 Å². The number of methoxy groups -OCH3 is 2. The molecule has 1 saturated heterocycles. The van der Waals surface area contributed by atoms with E-state index in [1.165, 1.54) is 17.4 Å². The molecule has 2 heterocycles. The third-order valence-electron chi connectivity index (χ3n) is 5.81. The average molecular weight is 538 g/mol. The average Bonchev–Trinajstić information content (AvgIpc) is 3.34. The number of anilines is 1. The molecule has 0 N–H and O–H groups in total. The molecule has 0 unspecified atom stereocenters. The summed E-state index contributed by atoms with van der Waals surface area (Å²) in [6.07, 6.45) is -4.17. The van der Waals surface area contributed by atoms with Crippen LogP contribution in [0.1, 0.15) is 16.8 Å². The van der Waals surface area contributed by atoms with Gasteiger partial charge >= 0.3 is 6.18 Å². The zero-order chi connectivity index (χ0) is 25.7. The summed E-state index contributed by atoms with van der Waals surface area (Å²) in [5.74, 6) is 2.11. The predicted molar refractivity (Wildman–Crippen MR) is 135 cm³/mol. The molecule has 1 aromatic heterocycles. The van der Waals surface area contributed by atoms with E-state index >= 15 is 0 Å². The molecular weight excluding hydrogens is 511 g/mol. The van der Waals surface area contributed by atoms with Crippen molar-refractivity contribution in [2.75, 3.05) is 45.3 Å². The molecule has 0 saturated carbocycles. The summed E-state index contributed by atoms with van der Waals surface area (Å²) in [6.45, 7) is 1.88. The van der Waals surface area contributed by atoms with Gasteiger partial charge in [0, 0.05) is 49.1 Å². The van der Waals surface area contributed by atoms with Gasteiger partial charge in [0.2, 0.25) is 5.91 Å². The molecule has 1 aliphatic rings. The van der Waals surface area contributed by atoms with Crippen LogP contribution in [0.2, 0.25) is 0 Å². The zero-order valence-corrected chi connectivity index (χ0v) is 21.5. The Hall–Kier alpha value is -2.92. The minimum atomic E-state index is -4.38. The van der Waals surface area contributed by atoms with Crippen LogP contribution in [-0.4, -0.2) is 56.2 Å². The summed E-state index contributed by atoms with van der Waals surface area (Å²) in [4.78, 5) is 21.0. The molecule has 3 aromatic rings. The highest BCUT2D eigenvalue weighted by molar-refractivity contribution is 8.00. The number of amides is 1. The number of rotatable bonds is 8. The predicted octanol–water partition coefficient (Wildman–Crippen LogP) is 5.36. The van der Waals surface area contributed by atoms with E-state index in [1.54, 1.807) is 36.9 Å². The number of thioether (sulfide) groups is 1. The maximum Gasteiger partial charge on any atom is 0.416 e. The minimum Gasteiger partial charge on any atom is -0.497 e. The van der Waals surface area contributed by atoms with Crippen LogP contribution in [0.3, 0.4) is 0 Å². The van der Waals surface area contributed by atoms with Crippen molar-refractivity contribution in [2.45, 2.75) is 22.7 Å². The Kier molecular flexibility index (Phi) is 8.30. The number of piperazine rings is 1. The van der Waals surface area contributed by atoms with Crippen molar-refractivity contribution in [2.24, 2.45) is 0 Å². The van der Waals surface area contributed by atoms with Crippen LogP contribution in [0.15, 0.2) is 52.2 Å². The van der Waals surface area contributed by atoms with Crippen LogP contribution in [0.4, 0.5) is 18.9 Å². The Bertz CT molecular complexity index is 1170. The molecule has 1 fully saturated rings. The number of aromatic nitrogens is 1. The van der Waals surface area contributed by atoms with E-state index in [-0.39, 0.29) is 12.3 Å². The van der Waals surface area contributed by atoms with Crippen LogP contribution in [0.25, 0.3) is 0 Å². The van der Waals surface area contributed by atoms with E-state index in [2.05, 4.69) is 4.98 Å². The van der Waals surface area contributed by atoms with E-state index in [4.69, 9.17) is 9.47 Å². The number of benzene rings is 2. The Morgan fingerprint density at radius 3 is 2.39 bits per heavy atom. The first-order valence-corrected chi connectivity index (χ1v) is 13.1. The van der Waals surface area contributed by atoms with Crippen molar-refractivity contribution < 1.29 is 27.4 Å². The standard InChI is InChI=1S/C25H26F3N3O3S2/c1-33-21-10-17(11-22(14-21)34-2)15-35-24-29-19(16-36-24)13-23(32)31-8-6-30(7-9-31)20-5-3-4-18(12-20)25(26,27)28/h3-5,10-12,14,16H,6-9,13,15H2,1-2H3. The van der Waals surface area contributed by atoms with Gasteiger partial charge in [-0.05, 0) is 35.9 Å². The second-order valence-electron chi connectivity index (χ2n) is 8.21. The van der Waals surface area contributed by atoms with Gasteiger partial charge in [-0.1, -0.05) is 17.8 Å². The van der Waals surface area contributed by atoms with Gasteiger partial charge < -0.3 is 19.3 Å². The second-order valence-corrected chi connectivity index (χ2v) is 10.3. The van der Waals surface area contributed by atoms with Crippen molar-refractivity contribution in [3.05, 3.63) is 64.7 Å². The lowest BCUT2D eigenvalue weighted by molar-refractivity contribution is -0.137. The maximum absolute atomic E-state index is 13.0. The fraction of sp³-hybridized carbons (Fsp3) is 0.360. The van der Waals surface area contributed by atoms with Crippen molar-refractivity contribution in [3.63, 3.8) is 0 Å². The normalized spacial score (nSPS) is 14.1. The number of nitrogens with zero attached hydrogens (tertiary/aromatic N) is 3. The monoisotopic (exact) mass is 537 g/mol. The summed E-state index contributed by atoms with van der Waals surface area (Å²) >= 11 is 3.08. The first-order valence-electron chi connectivity index (χ1n) is 11.2. The van der Waals surface area contributed by atoms with E-state index in [0.717, 1.165) is 39.2 Å². The fourth-order valence-corrected chi connectivity index (χ4v) is 5.67. The molecule has 36 heavy (non-hydrogen) atoms. The van der Waals surface area contributed by atoms with Crippen LogP contribution in [0, 0.1) is 0 Å². The lowest BCUT2D eigenvalue weighted by Gasteiger charge is -2.36. The molecule has 2 aromatic carbocycles. The van der Waals surface area contributed by atoms with Crippen LogP contribution in [-0.2, 0) is 23.1 Å². The lowest BCUT2D eigenvalue weighted by atomic mass is 10.1. The van der Waals surface area contributed by atoms with Gasteiger partial charge in [0.1, 0.15) is 15.8 Å². The molecule has 6 nitrogen and oxygen atoms in total. The van der Waals surface area contributed by atoms with E-state index < -0.39 is 11.7 Å². The van der Waals surface area contributed by atoms with Crippen LogP contribution < -0.4 is 14.4 Å². The van der Waals surface area contributed by atoms with Gasteiger partial charge in [0.15, 0.2) is 0 Å². The summed E-state index contributed by atoms with van der Waals surface area (Å²) in [6, 6.07) is 11.0. The lowest BCUT2D eigenvalue weighted by Crippen LogP contribution is -2.49. The van der Waals surface area contributed by atoms with Crippen molar-refractivity contribution in [1.82, 2.24) is 9.88 Å². The Morgan fingerprint density at radius 2 is 1.75 bits per heavy atom. The van der Waals surface area contributed by atoms with Gasteiger partial charge in [0.05, 0.1) is 31.9 Å². The molecule has 1 aliphatic heterocycles. The zero-order valence-electron chi connectivity index (χ0n) is 19.9. The number of halogens is 3. The molecule has 1 amide bonds. The number of hydrogen-bond donors (Lipinski definition) is 0. The highest BCUT2D eigenvalue weighted by Crippen LogP contribution is 2.32. The summed E-state index contributed by atoms with van der Waals surface area (Å²) in [7, 11) is 3.22. The van der Waals surface area contributed by atoms with E-state index in [9.17, 15) is 18.0 Å². The first-order chi connectivity index (χ1) is 17.2. The van der Waals surface area contributed by atoms with Gasteiger partial charge in [0.25, 0.3) is 0 Å². The van der Waals surface area contributed by atoms with E-state index in [0.29, 0.717) is 37.6 Å². The molecule has 0 aliphatic carbocycles. The highest BCUT2D eigenvalue weighted by Gasteiger charge is 2.31. The largest absolute Gasteiger partial charge is 0.497 e. The van der Waals surface area contributed by atoms with Crippen molar-refractivity contribution >= 4 is 34.7 Å². The molecule has 0 atom stereocenters. The second kappa shape index (κ2) is 11.4.